The molecule has 0 radical (unpaired) electrons. The van der Waals surface area contributed by atoms with Crippen molar-refractivity contribution in [3.05, 3.63) is 57.8 Å². The van der Waals surface area contributed by atoms with E-state index in [1.165, 1.54) is 16.0 Å². The van der Waals surface area contributed by atoms with Gasteiger partial charge >= 0.3 is 0 Å². The van der Waals surface area contributed by atoms with E-state index < -0.39 is 0 Å². The largest absolute Gasteiger partial charge is 0.362 e. The molecule has 0 aliphatic carbocycles. The van der Waals surface area contributed by atoms with Crippen LogP contribution in [-0.2, 0) is 12.8 Å². The summed E-state index contributed by atoms with van der Waals surface area (Å²) >= 11 is 7.54. The average Bonchev–Trinajstić information content (AvgIpc) is 3.03. The van der Waals surface area contributed by atoms with Gasteiger partial charge in [-0.1, -0.05) is 37.3 Å². The Balaban J connectivity index is 1.58. The maximum atomic E-state index is 5.65. The molecule has 0 unspecified atom stereocenters. The van der Waals surface area contributed by atoms with E-state index in [1.807, 2.05) is 11.3 Å². The van der Waals surface area contributed by atoms with E-state index in [-0.39, 0.29) is 0 Å². The highest BCUT2D eigenvalue weighted by atomic mass is 32.1. The Morgan fingerprint density at radius 3 is 2.91 bits per heavy atom. The summed E-state index contributed by atoms with van der Waals surface area (Å²) < 4.78 is 0. The molecule has 1 aromatic carbocycles. The summed E-state index contributed by atoms with van der Waals surface area (Å²) in [6.07, 6.45) is 3.23. The Kier molecular flexibility index (Phi) is 5.11. The first-order chi connectivity index (χ1) is 10.8. The van der Waals surface area contributed by atoms with Gasteiger partial charge in [-0.05, 0) is 54.1 Å². The van der Waals surface area contributed by atoms with Crippen LogP contribution in [0.15, 0.2) is 41.8 Å². The average molecular weight is 331 g/mol. The molecule has 1 N–H and O–H groups in total. The van der Waals surface area contributed by atoms with Crippen molar-refractivity contribution in [1.29, 1.82) is 0 Å². The molecule has 0 amide bonds. The molecular weight excluding hydrogens is 308 g/mol. The summed E-state index contributed by atoms with van der Waals surface area (Å²) in [5.41, 5.74) is 2.83. The fourth-order valence-electron chi connectivity index (χ4n) is 3.14. The predicted octanol–water partition coefficient (Wildman–Crippen LogP) is 4.17. The van der Waals surface area contributed by atoms with Gasteiger partial charge < -0.3 is 10.2 Å². The summed E-state index contributed by atoms with van der Waals surface area (Å²) in [5, 5.41) is 6.56. The van der Waals surface area contributed by atoms with Crippen LogP contribution in [-0.4, -0.2) is 23.1 Å². The summed E-state index contributed by atoms with van der Waals surface area (Å²) in [5.74, 6) is 0. The normalized spacial score (nSPS) is 17.1. The second-order valence-corrected chi connectivity index (χ2v) is 7.02. The first-order valence-corrected chi connectivity index (χ1v) is 9.23. The van der Waals surface area contributed by atoms with Crippen molar-refractivity contribution in [2.24, 2.45) is 0 Å². The third-order valence-corrected chi connectivity index (χ3v) is 5.65. The molecule has 22 heavy (non-hydrogen) atoms. The second-order valence-electron chi connectivity index (χ2n) is 5.63. The summed E-state index contributed by atoms with van der Waals surface area (Å²) in [4.78, 5) is 3.91. The molecule has 0 spiro atoms. The van der Waals surface area contributed by atoms with Gasteiger partial charge in [0.05, 0.1) is 6.04 Å². The summed E-state index contributed by atoms with van der Waals surface area (Å²) in [6, 6.07) is 13.3. The van der Waals surface area contributed by atoms with Crippen molar-refractivity contribution in [2.45, 2.75) is 32.2 Å². The van der Waals surface area contributed by atoms with Crippen LogP contribution in [0, 0.1) is 0 Å². The van der Waals surface area contributed by atoms with E-state index in [1.54, 1.807) is 0 Å². The fraction of sp³-hybridized carbons (Fsp3) is 0.389. The molecule has 0 bridgehead atoms. The first kappa shape index (κ1) is 15.5. The van der Waals surface area contributed by atoms with Crippen LogP contribution in [0.5, 0.6) is 0 Å². The molecule has 1 atom stereocenters. The number of benzene rings is 1. The lowest BCUT2D eigenvalue weighted by atomic mass is 9.98. The number of thiophene rings is 1. The molecule has 1 aliphatic heterocycles. The van der Waals surface area contributed by atoms with Crippen molar-refractivity contribution < 1.29 is 0 Å². The Hall–Kier alpha value is -1.39. The lowest BCUT2D eigenvalue weighted by Gasteiger charge is -2.37. The molecule has 1 aliphatic rings. The maximum Gasteiger partial charge on any atom is 0.169 e. The van der Waals surface area contributed by atoms with Crippen LogP contribution in [0.4, 0.5) is 0 Å². The summed E-state index contributed by atoms with van der Waals surface area (Å²) in [6.45, 7) is 4.17. The molecule has 1 aromatic heterocycles. The van der Waals surface area contributed by atoms with E-state index in [0.717, 1.165) is 37.5 Å². The number of rotatable bonds is 4. The molecule has 2 heterocycles. The monoisotopic (exact) mass is 330 g/mol. The number of fused-ring (bicyclic) bond motifs is 1. The summed E-state index contributed by atoms with van der Waals surface area (Å²) in [7, 11) is 0. The van der Waals surface area contributed by atoms with Crippen LogP contribution >= 0.6 is 23.6 Å². The van der Waals surface area contributed by atoms with Gasteiger partial charge in [-0.15, -0.1) is 11.3 Å². The molecule has 0 saturated heterocycles. The number of hydrogen-bond acceptors (Lipinski definition) is 2. The minimum Gasteiger partial charge on any atom is -0.362 e. The van der Waals surface area contributed by atoms with Gasteiger partial charge in [0.25, 0.3) is 0 Å². The minimum atomic E-state index is 0.437. The van der Waals surface area contributed by atoms with Gasteiger partial charge in [0.2, 0.25) is 0 Å². The van der Waals surface area contributed by atoms with Gasteiger partial charge in [-0.25, -0.2) is 0 Å². The zero-order valence-electron chi connectivity index (χ0n) is 12.9. The molecular formula is C18H22N2S2. The zero-order chi connectivity index (χ0) is 15.4. The third-order valence-electron chi connectivity index (χ3n) is 4.28. The highest BCUT2D eigenvalue weighted by Gasteiger charge is 2.28. The molecule has 0 saturated carbocycles. The van der Waals surface area contributed by atoms with E-state index >= 15 is 0 Å². The predicted molar refractivity (Wildman–Crippen MR) is 98.5 cm³/mol. The lowest BCUT2D eigenvalue weighted by molar-refractivity contribution is 0.290. The molecule has 2 nitrogen and oxygen atoms in total. The molecule has 0 fully saturated rings. The Morgan fingerprint density at radius 2 is 2.14 bits per heavy atom. The molecule has 116 valence electrons. The van der Waals surface area contributed by atoms with Crippen molar-refractivity contribution in [1.82, 2.24) is 10.2 Å². The van der Waals surface area contributed by atoms with Crippen molar-refractivity contribution in [3.63, 3.8) is 0 Å². The van der Waals surface area contributed by atoms with Crippen molar-refractivity contribution in [2.75, 3.05) is 13.1 Å². The van der Waals surface area contributed by atoms with Crippen LogP contribution in [0.3, 0.4) is 0 Å². The molecule has 3 rings (SSSR count). The van der Waals surface area contributed by atoms with Crippen LogP contribution < -0.4 is 5.32 Å². The highest BCUT2D eigenvalue weighted by Crippen LogP contribution is 2.35. The quantitative estimate of drug-likeness (QED) is 0.847. The van der Waals surface area contributed by atoms with Gasteiger partial charge in [-0.2, -0.15) is 0 Å². The van der Waals surface area contributed by atoms with Crippen molar-refractivity contribution >= 4 is 28.7 Å². The van der Waals surface area contributed by atoms with E-state index in [4.69, 9.17) is 12.2 Å². The van der Waals surface area contributed by atoms with Crippen LogP contribution in [0.2, 0.25) is 0 Å². The van der Waals surface area contributed by atoms with Gasteiger partial charge in [0, 0.05) is 18.0 Å². The van der Waals surface area contributed by atoms with Crippen LogP contribution in [0.25, 0.3) is 0 Å². The molecule has 2 aromatic rings. The van der Waals surface area contributed by atoms with E-state index in [0.29, 0.717) is 6.04 Å². The van der Waals surface area contributed by atoms with Gasteiger partial charge in [0.1, 0.15) is 0 Å². The van der Waals surface area contributed by atoms with Gasteiger partial charge in [0.15, 0.2) is 5.11 Å². The maximum absolute atomic E-state index is 5.65. The van der Waals surface area contributed by atoms with Crippen molar-refractivity contribution in [3.8, 4) is 0 Å². The van der Waals surface area contributed by atoms with E-state index in [2.05, 4.69) is 58.9 Å². The highest BCUT2D eigenvalue weighted by molar-refractivity contribution is 7.80. The standard InChI is InChI=1S/C18H22N2S2/c1-2-16-15-10-13-22-17(15)9-12-20(16)18(21)19-11-8-14-6-4-3-5-7-14/h3-7,10,13,16H,2,8-9,11-12H2,1H3,(H,19,21)/t16-/m0/s1. The Labute approximate surface area is 142 Å². The number of nitrogens with one attached hydrogen (secondary N) is 1. The lowest BCUT2D eigenvalue weighted by Crippen LogP contribution is -2.45. The van der Waals surface area contributed by atoms with Gasteiger partial charge in [-0.3, -0.25) is 0 Å². The van der Waals surface area contributed by atoms with Crippen LogP contribution in [0.1, 0.15) is 35.4 Å². The number of thiocarbonyl (C=S) groups is 1. The topological polar surface area (TPSA) is 15.3 Å². The minimum absolute atomic E-state index is 0.437. The zero-order valence-corrected chi connectivity index (χ0v) is 14.6. The SMILES string of the molecule is CC[C@H]1c2ccsc2CCN1C(=S)NCCc1ccccc1. The Morgan fingerprint density at radius 1 is 1.32 bits per heavy atom. The second kappa shape index (κ2) is 7.25. The number of hydrogen-bond donors (Lipinski definition) is 1. The first-order valence-electron chi connectivity index (χ1n) is 7.94. The van der Waals surface area contributed by atoms with E-state index in [9.17, 15) is 0 Å². The number of nitrogens with zero attached hydrogens (tertiary/aromatic N) is 1. The molecule has 4 heteroatoms. The Bertz CT molecular complexity index is 621. The fourth-order valence-corrected chi connectivity index (χ4v) is 4.39. The smallest absolute Gasteiger partial charge is 0.169 e. The third kappa shape index (κ3) is 3.33.